The third-order valence-electron chi connectivity index (χ3n) is 8.25. The highest BCUT2D eigenvalue weighted by Crippen LogP contribution is 2.60. The fourth-order valence-electron chi connectivity index (χ4n) is 6.47. The van der Waals surface area contributed by atoms with Crippen LogP contribution < -0.4 is 20.9 Å². The zero-order valence-electron chi connectivity index (χ0n) is 22.0. The van der Waals surface area contributed by atoms with Gasteiger partial charge in [-0.15, -0.1) is 0 Å². The number of hydrogen-bond acceptors (Lipinski definition) is 4. The lowest BCUT2D eigenvalue weighted by Crippen LogP contribution is -2.16. The quantitative estimate of drug-likeness (QED) is 0.300. The van der Waals surface area contributed by atoms with Gasteiger partial charge in [0.1, 0.15) is 11.5 Å². The van der Waals surface area contributed by atoms with Gasteiger partial charge < -0.3 is 20.9 Å². The van der Waals surface area contributed by atoms with Crippen molar-refractivity contribution in [3.63, 3.8) is 0 Å². The Morgan fingerprint density at radius 3 is 1.33 bits per heavy atom. The van der Waals surface area contributed by atoms with Crippen LogP contribution in [-0.4, -0.2) is 13.2 Å². The highest BCUT2D eigenvalue weighted by molar-refractivity contribution is 6.08. The molecule has 0 saturated carbocycles. The minimum Gasteiger partial charge on any atom is -0.493 e. The number of rotatable bonds is 4. The maximum absolute atomic E-state index is 6.49. The fourth-order valence-corrected chi connectivity index (χ4v) is 6.47. The van der Waals surface area contributed by atoms with E-state index in [0.29, 0.717) is 13.2 Å². The largest absolute Gasteiger partial charge is 0.493 e. The van der Waals surface area contributed by atoms with E-state index in [-0.39, 0.29) is 10.8 Å². The Kier molecular flexibility index (Phi) is 4.70. The van der Waals surface area contributed by atoms with E-state index in [4.69, 9.17) is 20.9 Å². The number of fused-ring (bicyclic) bond motifs is 7. The average Bonchev–Trinajstić information content (AvgIpc) is 3.18. The van der Waals surface area contributed by atoms with Crippen molar-refractivity contribution in [3.8, 4) is 33.8 Å². The number of nitrogens with two attached hydrogens (primary N) is 2. The first kappa shape index (κ1) is 22.8. The van der Waals surface area contributed by atoms with Crippen molar-refractivity contribution in [2.24, 2.45) is 0 Å². The number of nitrogen functional groups attached to an aromatic ring is 2. The standard InChI is InChI=1S/C32H34N2O2/c1-7-35-29-21-15-26-28(20-12-10-18(34)14-24(20)32(26,5)6)30(36-8-2)22(21)16-25-27(29)19-11-9-17(33)13-23(19)31(25,3)4/h9-16H,7-8,33-34H2,1-6H3. The number of anilines is 2. The van der Waals surface area contributed by atoms with Crippen LogP contribution in [0.2, 0.25) is 0 Å². The summed E-state index contributed by atoms with van der Waals surface area (Å²) in [5.41, 5.74) is 23.3. The van der Waals surface area contributed by atoms with Gasteiger partial charge in [-0.05, 0) is 83.6 Å². The molecule has 36 heavy (non-hydrogen) atoms. The topological polar surface area (TPSA) is 70.5 Å². The van der Waals surface area contributed by atoms with Gasteiger partial charge in [-0.25, -0.2) is 0 Å². The van der Waals surface area contributed by atoms with Crippen molar-refractivity contribution < 1.29 is 9.47 Å². The fraction of sp³-hybridized carbons (Fsp3) is 0.312. The molecule has 4 aromatic carbocycles. The minimum atomic E-state index is -0.214. The number of hydrogen-bond donors (Lipinski definition) is 2. The number of benzene rings is 4. The molecule has 0 spiro atoms. The molecule has 4 heteroatoms. The molecule has 4 N–H and O–H groups in total. The second kappa shape index (κ2) is 7.42. The maximum Gasteiger partial charge on any atom is 0.135 e. The van der Waals surface area contributed by atoms with E-state index >= 15 is 0 Å². The summed E-state index contributed by atoms with van der Waals surface area (Å²) in [6, 6.07) is 17.2. The zero-order chi connectivity index (χ0) is 25.6. The van der Waals surface area contributed by atoms with Crippen molar-refractivity contribution in [3.05, 3.63) is 70.8 Å². The summed E-state index contributed by atoms with van der Waals surface area (Å²) in [6.45, 7) is 14.3. The van der Waals surface area contributed by atoms with E-state index in [2.05, 4.69) is 77.9 Å². The predicted octanol–water partition coefficient (Wildman–Crippen LogP) is 7.41. The second-order valence-electron chi connectivity index (χ2n) is 11.1. The summed E-state index contributed by atoms with van der Waals surface area (Å²) in [5, 5.41) is 2.18. The van der Waals surface area contributed by atoms with Gasteiger partial charge in [0.15, 0.2) is 0 Å². The molecule has 0 saturated heterocycles. The highest BCUT2D eigenvalue weighted by atomic mass is 16.5. The SMILES string of the molecule is CCOc1c2c(cc3c(OCC)c4c(cc13)C(C)(C)c1cc(N)ccc1-4)C(C)(C)c1cc(N)ccc1-2. The van der Waals surface area contributed by atoms with Gasteiger partial charge in [0, 0.05) is 44.1 Å². The third-order valence-corrected chi connectivity index (χ3v) is 8.25. The normalized spacial score (nSPS) is 15.8. The Labute approximate surface area is 213 Å². The molecule has 2 aliphatic rings. The molecular weight excluding hydrogens is 444 g/mol. The van der Waals surface area contributed by atoms with Crippen LogP contribution in [0.15, 0.2) is 48.5 Å². The van der Waals surface area contributed by atoms with E-state index in [1.165, 1.54) is 44.5 Å². The van der Waals surface area contributed by atoms with Crippen LogP contribution in [0.25, 0.3) is 33.0 Å². The van der Waals surface area contributed by atoms with E-state index in [1.807, 2.05) is 12.1 Å². The van der Waals surface area contributed by atoms with Crippen LogP contribution in [0.3, 0.4) is 0 Å². The monoisotopic (exact) mass is 478 g/mol. The molecule has 0 radical (unpaired) electrons. The van der Waals surface area contributed by atoms with E-state index in [9.17, 15) is 0 Å². The van der Waals surface area contributed by atoms with E-state index < -0.39 is 0 Å². The molecule has 0 fully saturated rings. The lowest BCUT2D eigenvalue weighted by Gasteiger charge is -2.26. The van der Waals surface area contributed by atoms with Crippen LogP contribution in [0.1, 0.15) is 63.8 Å². The molecule has 4 aromatic rings. The van der Waals surface area contributed by atoms with Crippen LogP contribution in [0.4, 0.5) is 11.4 Å². The Hall–Kier alpha value is -3.66. The third kappa shape index (κ3) is 2.81. The molecule has 0 atom stereocenters. The first-order valence-electron chi connectivity index (χ1n) is 12.9. The first-order valence-corrected chi connectivity index (χ1v) is 12.9. The highest BCUT2D eigenvalue weighted by Gasteiger charge is 2.42. The van der Waals surface area contributed by atoms with Crippen LogP contribution >= 0.6 is 0 Å². The summed E-state index contributed by atoms with van der Waals surface area (Å²) in [6.07, 6.45) is 0. The van der Waals surface area contributed by atoms with Crippen molar-refractivity contribution in [2.45, 2.75) is 52.4 Å². The maximum atomic E-state index is 6.49. The van der Waals surface area contributed by atoms with Gasteiger partial charge in [0.05, 0.1) is 13.2 Å². The second-order valence-corrected chi connectivity index (χ2v) is 11.1. The Bertz CT molecular complexity index is 1460. The summed E-state index contributed by atoms with van der Waals surface area (Å²) in [5.74, 6) is 1.85. The van der Waals surface area contributed by atoms with Crippen LogP contribution in [-0.2, 0) is 10.8 Å². The molecule has 184 valence electrons. The van der Waals surface area contributed by atoms with Crippen molar-refractivity contribution in [2.75, 3.05) is 24.7 Å². The van der Waals surface area contributed by atoms with Crippen molar-refractivity contribution in [1.29, 1.82) is 0 Å². The van der Waals surface area contributed by atoms with Gasteiger partial charge in [-0.3, -0.25) is 0 Å². The van der Waals surface area contributed by atoms with Crippen molar-refractivity contribution in [1.82, 2.24) is 0 Å². The lowest BCUT2D eigenvalue weighted by atomic mass is 9.79. The predicted molar refractivity (Wildman–Crippen MR) is 150 cm³/mol. The summed E-state index contributed by atoms with van der Waals surface area (Å²) < 4.78 is 13.0. The molecule has 0 aromatic heterocycles. The van der Waals surface area contributed by atoms with E-state index in [0.717, 1.165) is 33.6 Å². The van der Waals surface area contributed by atoms with Gasteiger partial charge in [-0.1, -0.05) is 39.8 Å². The summed E-state index contributed by atoms with van der Waals surface area (Å²) in [7, 11) is 0. The van der Waals surface area contributed by atoms with Crippen LogP contribution in [0, 0.1) is 0 Å². The molecule has 0 aliphatic heterocycles. The molecular formula is C32H34N2O2. The smallest absolute Gasteiger partial charge is 0.135 e. The zero-order valence-corrected chi connectivity index (χ0v) is 22.0. The molecule has 0 unspecified atom stereocenters. The molecule has 6 rings (SSSR count). The Balaban J connectivity index is 1.79. The summed E-state index contributed by atoms with van der Waals surface area (Å²) in [4.78, 5) is 0. The molecule has 0 heterocycles. The lowest BCUT2D eigenvalue weighted by molar-refractivity contribution is 0.341. The Morgan fingerprint density at radius 2 is 0.972 bits per heavy atom. The van der Waals surface area contributed by atoms with Crippen molar-refractivity contribution >= 4 is 22.1 Å². The van der Waals surface area contributed by atoms with Gasteiger partial charge in [0.2, 0.25) is 0 Å². The molecule has 4 nitrogen and oxygen atoms in total. The molecule has 0 bridgehead atoms. The number of ether oxygens (including phenoxy) is 2. The average molecular weight is 479 g/mol. The van der Waals surface area contributed by atoms with E-state index in [1.54, 1.807) is 0 Å². The van der Waals surface area contributed by atoms with Gasteiger partial charge in [0.25, 0.3) is 0 Å². The van der Waals surface area contributed by atoms with Crippen LogP contribution in [0.5, 0.6) is 11.5 Å². The minimum absolute atomic E-state index is 0.214. The van der Waals surface area contributed by atoms with Gasteiger partial charge in [-0.2, -0.15) is 0 Å². The summed E-state index contributed by atoms with van der Waals surface area (Å²) >= 11 is 0. The molecule has 0 amide bonds. The molecule has 2 aliphatic carbocycles. The first-order chi connectivity index (χ1) is 17.1. The van der Waals surface area contributed by atoms with Gasteiger partial charge >= 0.3 is 0 Å². The Morgan fingerprint density at radius 1 is 0.583 bits per heavy atom.